The molecule has 1 unspecified atom stereocenters. The molecule has 0 amide bonds. The molecular formula is C15H25NOS. The lowest BCUT2D eigenvalue weighted by Gasteiger charge is -2.44. The SMILES string of the molecule is CCC(CC)(C(O)Cc1ccsc1)N1CCCC1. The summed E-state index contributed by atoms with van der Waals surface area (Å²) in [6, 6.07) is 2.13. The van der Waals surface area contributed by atoms with Crippen LogP contribution in [0, 0.1) is 0 Å². The lowest BCUT2D eigenvalue weighted by atomic mass is 9.82. The Labute approximate surface area is 115 Å². The number of nitrogens with zero attached hydrogens (tertiary/aromatic N) is 1. The normalized spacial score (nSPS) is 19.3. The summed E-state index contributed by atoms with van der Waals surface area (Å²) in [5.41, 5.74) is 1.26. The average molecular weight is 267 g/mol. The summed E-state index contributed by atoms with van der Waals surface area (Å²) in [5, 5.41) is 15.0. The highest BCUT2D eigenvalue weighted by Gasteiger charge is 2.41. The molecule has 1 fully saturated rings. The number of hydrogen-bond donors (Lipinski definition) is 1. The van der Waals surface area contributed by atoms with E-state index < -0.39 is 0 Å². The van der Waals surface area contributed by atoms with Gasteiger partial charge in [-0.25, -0.2) is 0 Å². The van der Waals surface area contributed by atoms with Crippen molar-refractivity contribution >= 4 is 11.3 Å². The molecule has 2 rings (SSSR count). The Morgan fingerprint density at radius 2 is 2.00 bits per heavy atom. The molecule has 3 heteroatoms. The molecule has 1 aliphatic heterocycles. The molecule has 0 radical (unpaired) electrons. The van der Waals surface area contributed by atoms with Gasteiger partial charge >= 0.3 is 0 Å². The van der Waals surface area contributed by atoms with Gasteiger partial charge in [-0.15, -0.1) is 0 Å². The lowest BCUT2D eigenvalue weighted by molar-refractivity contribution is -0.0269. The van der Waals surface area contributed by atoms with E-state index in [9.17, 15) is 5.11 Å². The van der Waals surface area contributed by atoms with Crippen LogP contribution in [-0.4, -0.2) is 34.7 Å². The van der Waals surface area contributed by atoms with Crippen molar-refractivity contribution in [2.75, 3.05) is 13.1 Å². The largest absolute Gasteiger partial charge is 0.391 e. The first-order valence-corrected chi connectivity index (χ1v) is 8.11. The van der Waals surface area contributed by atoms with Crippen molar-refractivity contribution in [2.24, 2.45) is 0 Å². The van der Waals surface area contributed by atoms with Crippen LogP contribution in [0.15, 0.2) is 16.8 Å². The Bertz CT molecular complexity index is 339. The molecule has 18 heavy (non-hydrogen) atoms. The molecule has 0 aromatic carbocycles. The van der Waals surface area contributed by atoms with Crippen molar-refractivity contribution in [2.45, 2.75) is 57.6 Å². The number of hydrogen-bond acceptors (Lipinski definition) is 3. The summed E-state index contributed by atoms with van der Waals surface area (Å²) in [6.07, 6.45) is 5.19. The first-order chi connectivity index (χ1) is 8.73. The first kappa shape index (κ1) is 14.0. The summed E-state index contributed by atoms with van der Waals surface area (Å²) < 4.78 is 0. The van der Waals surface area contributed by atoms with Crippen molar-refractivity contribution in [3.8, 4) is 0 Å². The smallest absolute Gasteiger partial charge is 0.0764 e. The van der Waals surface area contributed by atoms with Gasteiger partial charge in [-0.1, -0.05) is 13.8 Å². The molecule has 1 aromatic heterocycles. The van der Waals surface area contributed by atoms with Crippen LogP contribution in [0.4, 0.5) is 0 Å². The molecule has 1 N–H and O–H groups in total. The Hall–Kier alpha value is -0.380. The third kappa shape index (κ3) is 2.63. The number of aliphatic hydroxyl groups excluding tert-OH is 1. The zero-order valence-corrected chi connectivity index (χ0v) is 12.4. The van der Waals surface area contributed by atoms with Crippen molar-refractivity contribution in [3.63, 3.8) is 0 Å². The highest BCUT2D eigenvalue weighted by atomic mass is 32.1. The maximum absolute atomic E-state index is 10.8. The highest BCUT2D eigenvalue weighted by Crippen LogP contribution is 2.33. The molecule has 1 atom stereocenters. The fourth-order valence-corrected chi connectivity index (χ4v) is 4.05. The van der Waals surface area contributed by atoms with Gasteiger partial charge in [0.25, 0.3) is 0 Å². The zero-order chi connectivity index (χ0) is 13.0. The van der Waals surface area contributed by atoms with Gasteiger partial charge < -0.3 is 5.11 Å². The number of likely N-dealkylation sites (tertiary alicyclic amines) is 1. The Morgan fingerprint density at radius 1 is 1.33 bits per heavy atom. The molecule has 0 aliphatic carbocycles. The fraction of sp³-hybridized carbons (Fsp3) is 0.733. The summed E-state index contributed by atoms with van der Waals surface area (Å²) in [5.74, 6) is 0. The van der Waals surface area contributed by atoms with E-state index in [-0.39, 0.29) is 11.6 Å². The van der Waals surface area contributed by atoms with Crippen LogP contribution < -0.4 is 0 Å². The van der Waals surface area contributed by atoms with Gasteiger partial charge in [0.1, 0.15) is 0 Å². The van der Waals surface area contributed by atoms with Crippen molar-refractivity contribution in [1.82, 2.24) is 4.90 Å². The van der Waals surface area contributed by atoms with Crippen molar-refractivity contribution in [1.29, 1.82) is 0 Å². The predicted molar refractivity (Wildman–Crippen MR) is 78.1 cm³/mol. The molecule has 1 aromatic rings. The third-order valence-electron chi connectivity index (χ3n) is 4.59. The predicted octanol–water partition coefficient (Wildman–Crippen LogP) is 3.31. The van der Waals surface area contributed by atoms with Crippen LogP contribution in [0.25, 0.3) is 0 Å². The van der Waals surface area contributed by atoms with E-state index in [0.29, 0.717) is 0 Å². The summed E-state index contributed by atoms with van der Waals surface area (Å²) >= 11 is 1.71. The number of thiophene rings is 1. The highest BCUT2D eigenvalue weighted by molar-refractivity contribution is 7.07. The maximum Gasteiger partial charge on any atom is 0.0764 e. The van der Waals surface area contributed by atoms with Crippen LogP contribution in [0.3, 0.4) is 0 Å². The number of rotatable bonds is 6. The summed E-state index contributed by atoms with van der Waals surface area (Å²) in [6.45, 7) is 6.75. The van der Waals surface area contributed by atoms with Gasteiger partial charge in [0.2, 0.25) is 0 Å². The van der Waals surface area contributed by atoms with Crippen LogP contribution >= 0.6 is 11.3 Å². The minimum atomic E-state index is -0.250. The van der Waals surface area contributed by atoms with Crippen molar-refractivity contribution < 1.29 is 5.11 Å². The standard InChI is InChI=1S/C15H25NOS/c1-3-15(4-2,16-8-5-6-9-16)14(17)11-13-7-10-18-12-13/h7,10,12,14,17H,3-6,8-9,11H2,1-2H3. The van der Waals surface area contributed by atoms with Crippen LogP contribution in [0.2, 0.25) is 0 Å². The van der Waals surface area contributed by atoms with Crippen LogP contribution in [0.5, 0.6) is 0 Å². The van der Waals surface area contributed by atoms with E-state index in [2.05, 4.69) is 35.6 Å². The monoisotopic (exact) mass is 267 g/mol. The van der Waals surface area contributed by atoms with Gasteiger partial charge in [0.15, 0.2) is 0 Å². The third-order valence-corrected chi connectivity index (χ3v) is 5.32. The molecule has 1 saturated heterocycles. The average Bonchev–Trinajstić information content (AvgIpc) is 3.04. The molecule has 1 aliphatic rings. The van der Waals surface area contributed by atoms with E-state index >= 15 is 0 Å². The van der Waals surface area contributed by atoms with Crippen LogP contribution in [0.1, 0.15) is 45.1 Å². The molecule has 0 bridgehead atoms. The summed E-state index contributed by atoms with van der Waals surface area (Å²) in [4.78, 5) is 2.53. The van der Waals surface area contributed by atoms with Gasteiger partial charge in [0, 0.05) is 12.0 Å². The second-order valence-corrected chi connectivity index (χ2v) is 6.14. The zero-order valence-electron chi connectivity index (χ0n) is 11.6. The molecule has 2 nitrogen and oxygen atoms in total. The van der Waals surface area contributed by atoms with Gasteiger partial charge in [-0.2, -0.15) is 11.3 Å². The van der Waals surface area contributed by atoms with Gasteiger partial charge in [-0.3, -0.25) is 4.90 Å². The maximum atomic E-state index is 10.8. The van der Waals surface area contributed by atoms with Gasteiger partial charge in [0.05, 0.1) is 6.10 Å². The van der Waals surface area contributed by atoms with Crippen molar-refractivity contribution in [3.05, 3.63) is 22.4 Å². The molecule has 0 spiro atoms. The van der Waals surface area contributed by atoms with Crippen LogP contribution in [-0.2, 0) is 6.42 Å². The minimum Gasteiger partial charge on any atom is -0.391 e. The van der Waals surface area contributed by atoms with E-state index in [1.807, 2.05) is 0 Å². The Balaban J connectivity index is 2.12. The van der Waals surface area contributed by atoms with E-state index in [1.165, 1.54) is 18.4 Å². The molecule has 102 valence electrons. The van der Waals surface area contributed by atoms with E-state index in [0.717, 1.165) is 32.4 Å². The second-order valence-electron chi connectivity index (χ2n) is 5.36. The molecular weight excluding hydrogens is 242 g/mol. The number of aliphatic hydroxyl groups is 1. The van der Waals surface area contributed by atoms with Gasteiger partial charge in [-0.05, 0) is 61.2 Å². The van der Waals surface area contributed by atoms with E-state index in [4.69, 9.17) is 0 Å². The summed E-state index contributed by atoms with van der Waals surface area (Å²) in [7, 11) is 0. The molecule has 2 heterocycles. The Kier molecular flexibility index (Phi) is 4.82. The molecule has 0 saturated carbocycles. The minimum absolute atomic E-state index is 0.0154. The second kappa shape index (κ2) is 6.18. The quantitative estimate of drug-likeness (QED) is 0.855. The van der Waals surface area contributed by atoms with E-state index in [1.54, 1.807) is 11.3 Å². The lowest BCUT2D eigenvalue weighted by Crippen LogP contribution is -2.55. The topological polar surface area (TPSA) is 23.5 Å². The fourth-order valence-electron chi connectivity index (χ4n) is 3.36. The Morgan fingerprint density at radius 3 is 2.50 bits per heavy atom. The first-order valence-electron chi connectivity index (χ1n) is 7.17.